The molecular weight excluding hydrogens is 270 g/mol. The topological polar surface area (TPSA) is 67.8 Å². The fourth-order valence-corrected chi connectivity index (χ4v) is 2.08. The summed E-state index contributed by atoms with van der Waals surface area (Å²) >= 11 is 0. The molecule has 1 aromatic rings. The summed E-state index contributed by atoms with van der Waals surface area (Å²) in [6.45, 7) is 7.49. The second-order valence-corrected chi connectivity index (χ2v) is 5.56. The molecule has 1 atom stereocenters. The Labute approximate surface area is 126 Å². The molecule has 0 bridgehead atoms. The number of aryl methyl sites for hydroxylation is 1. The number of hydrogen-bond acceptors (Lipinski definition) is 4. The summed E-state index contributed by atoms with van der Waals surface area (Å²) in [5.74, 6) is 0.222. The summed E-state index contributed by atoms with van der Waals surface area (Å²) < 4.78 is 11.0. The molecule has 0 aliphatic heterocycles. The lowest BCUT2D eigenvalue weighted by molar-refractivity contribution is -0.145. The molecule has 0 saturated carbocycles. The number of ether oxygens (including phenoxy) is 2. The first-order valence-corrected chi connectivity index (χ1v) is 7.13. The van der Waals surface area contributed by atoms with Crippen LogP contribution in [0.4, 0.5) is 0 Å². The van der Waals surface area contributed by atoms with Gasteiger partial charge in [-0.2, -0.15) is 0 Å². The predicted molar refractivity (Wildman–Crippen MR) is 82.2 cm³/mol. The molecule has 0 heterocycles. The SMILES string of the molecule is CCc1ccc(OCC(C)(NC(C)C)C(=O)O)c(OC)c1. The van der Waals surface area contributed by atoms with Crippen molar-refractivity contribution in [3.63, 3.8) is 0 Å². The molecule has 0 spiro atoms. The zero-order chi connectivity index (χ0) is 16.0. The molecule has 21 heavy (non-hydrogen) atoms. The van der Waals surface area contributed by atoms with Gasteiger partial charge in [0, 0.05) is 6.04 Å². The van der Waals surface area contributed by atoms with Crippen molar-refractivity contribution in [3.05, 3.63) is 23.8 Å². The van der Waals surface area contributed by atoms with E-state index in [1.807, 2.05) is 32.0 Å². The zero-order valence-electron chi connectivity index (χ0n) is 13.4. The van der Waals surface area contributed by atoms with Gasteiger partial charge in [0.05, 0.1) is 7.11 Å². The van der Waals surface area contributed by atoms with Crippen LogP contribution in [0.1, 0.15) is 33.3 Å². The third-order valence-electron chi connectivity index (χ3n) is 3.23. The number of hydrogen-bond donors (Lipinski definition) is 2. The lowest BCUT2D eigenvalue weighted by atomic mass is 10.0. The lowest BCUT2D eigenvalue weighted by Gasteiger charge is -2.28. The van der Waals surface area contributed by atoms with Crippen molar-refractivity contribution in [2.75, 3.05) is 13.7 Å². The van der Waals surface area contributed by atoms with Gasteiger partial charge < -0.3 is 14.6 Å². The first-order chi connectivity index (χ1) is 9.82. The van der Waals surface area contributed by atoms with Gasteiger partial charge in [-0.05, 0) is 44.9 Å². The van der Waals surface area contributed by atoms with Gasteiger partial charge in [0.25, 0.3) is 0 Å². The summed E-state index contributed by atoms with van der Waals surface area (Å²) in [6, 6.07) is 5.71. The minimum atomic E-state index is -1.15. The first-order valence-electron chi connectivity index (χ1n) is 7.13. The molecule has 5 nitrogen and oxygen atoms in total. The largest absolute Gasteiger partial charge is 0.493 e. The van der Waals surface area contributed by atoms with Gasteiger partial charge in [0.1, 0.15) is 12.1 Å². The van der Waals surface area contributed by atoms with Crippen LogP contribution in [-0.2, 0) is 11.2 Å². The Kier molecular flexibility index (Phi) is 6.03. The number of carboxylic acids is 1. The summed E-state index contributed by atoms with van der Waals surface area (Å²) in [4.78, 5) is 11.5. The normalized spacial score (nSPS) is 13.8. The maximum absolute atomic E-state index is 11.5. The number of carboxylic acid groups (broad SMARTS) is 1. The van der Waals surface area contributed by atoms with E-state index in [0.29, 0.717) is 11.5 Å². The van der Waals surface area contributed by atoms with Crippen LogP contribution in [0.3, 0.4) is 0 Å². The Morgan fingerprint density at radius 2 is 2.05 bits per heavy atom. The van der Waals surface area contributed by atoms with Gasteiger partial charge in [-0.25, -0.2) is 0 Å². The summed E-state index contributed by atoms with van der Waals surface area (Å²) in [5, 5.41) is 12.4. The maximum atomic E-state index is 11.5. The Balaban J connectivity index is 2.87. The van der Waals surface area contributed by atoms with Crippen LogP contribution in [0.25, 0.3) is 0 Å². The van der Waals surface area contributed by atoms with E-state index in [9.17, 15) is 9.90 Å². The number of nitrogens with one attached hydrogen (secondary N) is 1. The Hall–Kier alpha value is -1.75. The van der Waals surface area contributed by atoms with Crippen molar-refractivity contribution in [1.29, 1.82) is 0 Å². The molecule has 1 rings (SSSR count). The van der Waals surface area contributed by atoms with Crippen molar-refractivity contribution < 1.29 is 19.4 Å². The molecule has 5 heteroatoms. The van der Waals surface area contributed by atoms with Crippen LogP contribution in [0, 0.1) is 0 Å². The smallest absolute Gasteiger partial charge is 0.327 e. The van der Waals surface area contributed by atoms with E-state index in [1.165, 1.54) is 0 Å². The summed E-state index contributed by atoms with van der Waals surface area (Å²) in [5.41, 5.74) is -0.0108. The van der Waals surface area contributed by atoms with Crippen LogP contribution in [0.5, 0.6) is 11.5 Å². The molecule has 1 aromatic carbocycles. The van der Waals surface area contributed by atoms with Crippen LogP contribution in [0.15, 0.2) is 18.2 Å². The van der Waals surface area contributed by atoms with Crippen LogP contribution >= 0.6 is 0 Å². The minimum Gasteiger partial charge on any atom is -0.493 e. The van der Waals surface area contributed by atoms with Gasteiger partial charge in [0.2, 0.25) is 0 Å². The van der Waals surface area contributed by atoms with E-state index in [1.54, 1.807) is 14.0 Å². The third-order valence-corrected chi connectivity index (χ3v) is 3.23. The highest BCUT2D eigenvalue weighted by Crippen LogP contribution is 2.29. The zero-order valence-corrected chi connectivity index (χ0v) is 13.4. The average Bonchev–Trinajstić information content (AvgIpc) is 2.44. The second-order valence-electron chi connectivity index (χ2n) is 5.56. The van der Waals surface area contributed by atoms with E-state index in [2.05, 4.69) is 12.2 Å². The molecule has 0 fully saturated rings. The quantitative estimate of drug-likeness (QED) is 0.771. The molecule has 2 N–H and O–H groups in total. The second kappa shape index (κ2) is 7.31. The van der Waals surface area contributed by atoms with E-state index < -0.39 is 11.5 Å². The minimum absolute atomic E-state index is 0.0162. The molecular formula is C16H25NO4. The van der Waals surface area contributed by atoms with Crippen molar-refractivity contribution in [2.24, 2.45) is 0 Å². The summed E-state index contributed by atoms with van der Waals surface area (Å²) in [7, 11) is 1.57. The van der Waals surface area contributed by atoms with Gasteiger partial charge in [-0.1, -0.05) is 13.0 Å². The van der Waals surface area contributed by atoms with Gasteiger partial charge in [-0.15, -0.1) is 0 Å². The first kappa shape index (κ1) is 17.3. The molecule has 0 aromatic heterocycles. The van der Waals surface area contributed by atoms with Crippen molar-refractivity contribution in [1.82, 2.24) is 5.32 Å². The number of benzene rings is 1. The Bertz CT molecular complexity index is 487. The highest BCUT2D eigenvalue weighted by Gasteiger charge is 2.34. The van der Waals surface area contributed by atoms with Crippen molar-refractivity contribution >= 4 is 5.97 Å². The number of aliphatic carboxylic acids is 1. The Morgan fingerprint density at radius 3 is 2.52 bits per heavy atom. The number of methoxy groups -OCH3 is 1. The Morgan fingerprint density at radius 1 is 1.38 bits per heavy atom. The number of carbonyl (C=O) groups is 1. The van der Waals surface area contributed by atoms with Crippen molar-refractivity contribution in [3.8, 4) is 11.5 Å². The van der Waals surface area contributed by atoms with E-state index in [0.717, 1.165) is 12.0 Å². The van der Waals surface area contributed by atoms with Crippen LogP contribution in [0.2, 0.25) is 0 Å². The molecule has 0 aliphatic rings. The third kappa shape index (κ3) is 4.63. The van der Waals surface area contributed by atoms with Crippen LogP contribution < -0.4 is 14.8 Å². The van der Waals surface area contributed by atoms with E-state index in [-0.39, 0.29) is 12.6 Å². The monoisotopic (exact) mass is 295 g/mol. The molecule has 0 aliphatic carbocycles. The van der Waals surface area contributed by atoms with Crippen molar-refractivity contribution in [2.45, 2.75) is 45.7 Å². The van der Waals surface area contributed by atoms with Gasteiger partial charge >= 0.3 is 5.97 Å². The average molecular weight is 295 g/mol. The van der Waals surface area contributed by atoms with Gasteiger partial charge in [0.15, 0.2) is 11.5 Å². The summed E-state index contributed by atoms with van der Waals surface area (Å²) in [6.07, 6.45) is 0.901. The predicted octanol–water partition coefficient (Wildman–Crippen LogP) is 2.48. The number of rotatable bonds is 8. The van der Waals surface area contributed by atoms with E-state index in [4.69, 9.17) is 9.47 Å². The molecule has 1 unspecified atom stereocenters. The van der Waals surface area contributed by atoms with E-state index >= 15 is 0 Å². The molecule has 0 saturated heterocycles. The fourth-order valence-electron chi connectivity index (χ4n) is 2.08. The molecule has 0 radical (unpaired) electrons. The van der Waals surface area contributed by atoms with Crippen LogP contribution in [-0.4, -0.2) is 36.4 Å². The molecule has 118 valence electrons. The lowest BCUT2D eigenvalue weighted by Crippen LogP contribution is -2.56. The highest BCUT2D eigenvalue weighted by atomic mass is 16.5. The fraction of sp³-hybridized carbons (Fsp3) is 0.562. The molecule has 0 amide bonds. The maximum Gasteiger partial charge on any atom is 0.327 e. The highest BCUT2D eigenvalue weighted by molar-refractivity contribution is 5.78. The van der Waals surface area contributed by atoms with Gasteiger partial charge in [-0.3, -0.25) is 10.1 Å². The standard InChI is InChI=1S/C16H25NO4/c1-6-12-7-8-13(14(9-12)20-5)21-10-16(4,15(18)19)17-11(2)3/h7-9,11,17H,6,10H2,1-5H3,(H,18,19).